The van der Waals surface area contributed by atoms with Crippen molar-refractivity contribution < 1.29 is 4.79 Å². The summed E-state index contributed by atoms with van der Waals surface area (Å²) in [4.78, 5) is 11.5. The Morgan fingerprint density at radius 3 is 2.93 bits per heavy atom. The number of rotatable bonds is 0. The molecule has 3 saturated carbocycles. The summed E-state index contributed by atoms with van der Waals surface area (Å²) in [6, 6.07) is 0. The van der Waals surface area contributed by atoms with E-state index in [1.807, 2.05) is 0 Å². The first-order valence-corrected chi connectivity index (χ1v) is 6.49. The van der Waals surface area contributed by atoms with Gasteiger partial charge in [0.25, 0.3) is 0 Å². The molecule has 82 valence electrons. The minimum atomic E-state index is 0.316. The van der Waals surface area contributed by atoms with Gasteiger partial charge in [0.2, 0.25) is 5.91 Å². The highest BCUT2D eigenvalue weighted by Gasteiger charge is 2.70. The lowest BCUT2D eigenvalue weighted by molar-refractivity contribution is -0.124. The van der Waals surface area contributed by atoms with Gasteiger partial charge in [-0.15, -0.1) is 0 Å². The van der Waals surface area contributed by atoms with E-state index in [0.717, 1.165) is 42.6 Å². The molecule has 0 aromatic carbocycles. The van der Waals surface area contributed by atoms with Crippen molar-refractivity contribution in [2.24, 2.45) is 35.0 Å². The number of amides is 1. The molecule has 4 fully saturated rings. The first-order chi connectivity index (χ1) is 7.22. The molecule has 1 amide bonds. The third-order valence-electron chi connectivity index (χ3n) is 6.17. The van der Waals surface area contributed by atoms with Gasteiger partial charge < -0.3 is 5.32 Å². The van der Waals surface area contributed by atoms with E-state index in [9.17, 15) is 4.79 Å². The number of nitrogens with one attached hydrogen (secondary N) is 1. The van der Waals surface area contributed by atoms with Crippen LogP contribution >= 0.6 is 0 Å². The van der Waals surface area contributed by atoms with Gasteiger partial charge in [-0.1, -0.05) is 6.92 Å². The van der Waals surface area contributed by atoms with Crippen LogP contribution < -0.4 is 5.32 Å². The summed E-state index contributed by atoms with van der Waals surface area (Å²) in [5, 5.41) is 3.08. The van der Waals surface area contributed by atoms with Crippen LogP contribution in [-0.4, -0.2) is 12.5 Å². The van der Waals surface area contributed by atoms with Gasteiger partial charge in [-0.2, -0.15) is 0 Å². The Hall–Kier alpha value is -0.530. The molecule has 6 atom stereocenters. The average Bonchev–Trinajstić information content (AvgIpc) is 2.80. The normalized spacial score (nSPS) is 60.6. The number of fused-ring (bicyclic) bond motifs is 2. The third kappa shape index (κ3) is 0.786. The summed E-state index contributed by atoms with van der Waals surface area (Å²) in [6.45, 7) is 3.43. The van der Waals surface area contributed by atoms with Crippen molar-refractivity contribution in [2.45, 2.75) is 32.6 Å². The first kappa shape index (κ1) is 8.60. The lowest BCUT2D eigenvalue weighted by Gasteiger charge is -2.55. The van der Waals surface area contributed by atoms with Crippen molar-refractivity contribution in [1.29, 1.82) is 0 Å². The summed E-state index contributed by atoms with van der Waals surface area (Å²) in [5.41, 5.74) is 0.418. The fourth-order valence-corrected chi connectivity index (χ4v) is 5.69. The summed E-state index contributed by atoms with van der Waals surface area (Å²) < 4.78 is 0. The predicted octanol–water partition coefficient (Wildman–Crippen LogP) is 1.80. The predicted molar refractivity (Wildman–Crippen MR) is 57.0 cm³/mol. The Labute approximate surface area is 90.8 Å². The van der Waals surface area contributed by atoms with Gasteiger partial charge in [0.05, 0.1) is 0 Å². The molecule has 0 bridgehead atoms. The molecule has 1 N–H and O–H groups in total. The zero-order valence-electron chi connectivity index (χ0n) is 9.33. The van der Waals surface area contributed by atoms with Crippen LogP contribution in [-0.2, 0) is 4.79 Å². The molecule has 1 aliphatic heterocycles. The van der Waals surface area contributed by atoms with E-state index in [1.165, 1.54) is 19.3 Å². The maximum atomic E-state index is 11.5. The Morgan fingerprint density at radius 1 is 1.33 bits per heavy atom. The van der Waals surface area contributed by atoms with E-state index < -0.39 is 0 Å². The molecule has 15 heavy (non-hydrogen) atoms. The Bertz CT molecular complexity index is 339. The second kappa shape index (κ2) is 2.41. The molecule has 1 heterocycles. The molecule has 0 aromatic rings. The van der Waals surface area contributed by atoms with E-state index in [0.29, 0.717) is 11.3 Å². The minimum absolute atomic E-state index is 0.316. The molecule has 4 rings (SSSR count). The Morgan fingerprint density at radius 2 is 2.20 bits per heavy atom. The quantitative estimate of drug-likeness (QED) is 0.642. The molecule has 2 heteroatoms. The maximum absolute atomic E-state index is 11.5. The van der Waals surface area contributed by atoms with Crippen LogP contribution in [0.3, 0.4) is 0 Å². The van der Waals surface area contributed by atoms with Crippen molar-refractivity contribution in [3.63, 3.8) is 0 Å². The van der Waals surface area contributed by atoms with E-state index in [1.54, 1.807) is 0 Å². The van der Waals surface area contributed by atoms with E-state index in [-0.39, 0.29) is 0 Å². The molecular weight excluding hydrogens is 186 g/mol. The number of carbonyl (C=O) groups is 1. The summed E-state index contributed by atoms with van der Waals surface area (Å²) >= 11 is 0. The highest BCUT2D eigenvalue weighted by atomic mass is 16.1. The third-order valence-corrected chi connectivity index (χ3v) is 6.17. The van der Waals surface area contributed by atoms with Crippen molar-refractivity contribution in [1.82, 2.24) is 5.32 Å². The molecule has 0 aromatic heterocycles. The zero-order chi connectivity index (χ0) is 10.2. The average molecular weight is 205 g/mol. The van der Waals surface area contributed by atoms with E-state index >= 15 is 0 Å². The molecular formula is C13H19NO. The number of hydrogen-bond acceptors (Lipinski definition) is 1. The maximum Gasteiger partial charge on any atom is 0.220 e. The van der Waals surface area contributed by atoms with Gasteiger partial charge >= 0.3 is 0 Å². The number of carbonyl (C=O) groups excluding carboxylic acids is 1. The fraction of sp³-hybridized carbons (Fsp3) is 0.923. The second-order valence-electron chi connectivity index (χ2n) is 6.43. The summed E-state index contributed by atoms with van der Waals surface area (Å²) in [6.07, 6.45) is 5.10. The van der Waals surface area contributed by atoms with Crippen LogP contribution in [0.15, 0.2) is 0 Å². The topological polar surface area (TPSA) is 29.1 Å². The number of hydrogen-bond donors (Lipinski definition) is 1. The second-order valence-corrected chi connectivity index (χ2v) is 6.43. The van der Waals surface area contributed by atoms with Gasteiger partial charge in [-0.3, -0.25) is 4.79 Å². The van der Waals surface area contributed by atoms with Gasteiger partial charge in [0.15, 0.2) is 0 Å². The van der Waals surface area contributed by atoms with Crippen LogP contribution in [0.5, 0.6) is 0 Å². The van der Waals surface area contributed by atoms with Crippen LogP contribution in [0.2, 0.25) is 0 Å². The molecule has 2 unspecified atom stereocenters. The van der Waals surface area contributed by atoms with Crippen LogP contribution in [0.25, 0.3) is 0 Å². The highest BCUT2D eigenvalue weighted by Crippen LogP contribution is 2.73. The molecule has 3 aliphatic carbocycles. The molecule has 1 saturated heterocycles. The van der Waals surface area contributed by atoms with Crippen molar-refractivity contribution in [3.8, 4) is 0 Å². The van der Waals surface area contributed by atoms with Crippen molar-refractivity contribution in [2.75, 3.05) is 6.54 Å². The molecule has 1 spiro atoms. The van der Waals surface area contributed by atoms with Gasteiger partial charge in [-0.05, 0) is 48.9 Å². The zero-order valence-corrected chi connectivity index (χ0v) is 9.33. The Balaban J connectivity index is 1.72. The van der Waals surface area contributed by atoms with Gasteiger partial charge in [0.1, 0.15) is 0 Å². The van der Waals surface area contributed by atoms with Gasteiger partial charge in [0, 0.05) is 18.4 Å². The standard InChI is InChI=1S/C13H19NO/c1-7-4-10-12-8(7)2-3-9(12)13(10)5-11(15)14-6-13/h7-10,12H,2-6H2,1H3,(H,14,15)/t7?,8?,9-,10+,12+,13+/m0/s1. The van der Waals surface area contributed by atoms with Crippen LogP contribution in [0.1, 0.15) is 32.6 Å². The highest BCUT2D eigenvalue weighted by molar-refractivity contribution is 5.79. The fourth-order valence-electron chi connectivity index (χ4n) is 5.69. The lowest BCUT2D eigenvalue weighted by Crippen LogP contribution is -2.54. The molecule has 0 radical (unpaired) electrons. The molecule has 4 aliphatic rings. The van der Waals surface area contributed by atoms with E-state index in [4.69, 9.17) is 0 Å². The van der Waals surface area contributed by atoms with E-state index in [2.05, 4.69) is 12.2 Å². The van der Waals surface area contributed by atoms with Crippen molar-refractivity contribution >= 4 is 5.91 Å². The van der Waals surface area contributed by atoms with Crippen molar-refractivity contribution in [3.05, 3.63) is 0 Å². The smallest absolute Gasteiger partial charge is 0.220 e. The van der Waals surface area contributed by atoms with Gasteiger partial charge in [-0.25, -0.2) is 0 Å². The monoisotopic (exact) mass is 205 g/mol. The summed E-state index contributed by atoms with van der Waals surface area (Å²) in [7, 11) is 0. The Kier molecular flexibility index (Phi) is 1.38. The molecule has 2 nitrogen and oxygen atoms in total. The SMILES string of the molecule is CC1C[C@@H]2[C@@H]3C1CC[C@@H]3[C@@]21CNC(=O)C1. The largest absolute Gasteiger partial charge is 0.355 e. The first-order valence-electron chi connectivity index (χ1n) is 6.49. The summed E-state index contributed by atoms with van der Waals surface area (Å²) in [5.74, 6) is 5.06. The minimum Gasteiger partial charge on any atom is -0.355 e. The van der Waals surface area contributed by atoms with Crippen LogP contribution in [0, 0.1) is 35.0 Å². The lowest BCUT2D eigenvalue weighted by atomic mass is 9.48. The van der Waals surface area contributed by atoms with Crippen LogP contribution in [0.4, 0.5) is 0 Å².